The summed E-state index contributed by atoms with van der Waals surface area (Å²) >= 11 is 4.08. The van der Waals surface area contributed by atoms with Crippen molar-refractivity contribution in [2.24, 2.45) is 5.92 Å². The Bertz CT molecular complexity index is 64.3. The molecule has 0 aliphatic heterocycles. The molecule has 10 heavy (non-hydrogen) atoms. The van der Waals surface area contributed by atoms with Crippen molar-refractivity contribution < 1.29 is 4.74 Å². The van der Waals surface area contributed by atoms with E-state index in [1.54, 1.807) is 0 Å². The first kappa shape index (κ1) is 10.3. The lowest BCUT2D eigenvalue weighted by Crippen LogP contribution is -2.00. The van der Waals surface area contributed by atoms with Crippen LogP contribution in [0.2, 0.25) is 0 Å². The van der Waals surface area contributed by atoms with Crippen LogP contribution in [0.3, 0.4) is 0 Å². The van der Waals surface area contributed by atoms with Gasteiger partial charge in [0, 0.05) is 13.2 Å². The molecule has 0 aliphatic carbocycles. The molecule has 0 unspecified atom stereocenters. The Balaban J connectivity index is 2.77. The predicted molar refractivity (Wildman–Crippen MR) is 48.7 cm³/mol. The Kier molecular flexibility index (Phi) is 7.65. The van der Waals surface area contributed by atoms with E-state index < -0.39 is 0 Å². The van der Waals surface area contributed by atoms with Crippen LogP contribution in [0.1, 0.15) is 26.7 Å². The summed E-state index contributed by atoms with van der Waals surface area (Å²) in [7, 11) is 0. The Morgan fingerprint density at radius 3 is 2.50 bits per heavy atom. The van der Waals surface area contributed by atoms with E-state index >= 15 is 0 Å². The molecule has 0 saturated heterocycles. The summed E-state index contributed by atoms with van der Waals surface area (Å²) in [6, 6.07) is 0. The quantitative estimate of drug-likeness (QED) is 0.466. The minimum Gasteiger partial charge on any atom is -0.381 e. The Labute approximate surface area is 69.6 Å². The third-order valence-corrected chi connectivity index (χ3v) is 1.60. The van der Waals surface area contributed by atoms with Crippen LogP contribution in [0.4, 0.5) is 0 Å². The van der Waals surface area contributed by atoms with Crippen molar-refractivity contribution >= 4 is 12.6 Å². The van der Waals surface area contributed by atoms with Gasteiger partial charge in [-0.3, -0.25) is 0 Å². The summed E-state index contributed by atoms with van der Waals surface area (Å²) in [5.41, 5.74) is 0. The fourth-order valence-electron chi connectivity index (χ4n) is 0.588. The van der Waals surface area contributed by atoms with E-state index in [2.05, 4.69) is 26.5 Å². The van der Waals surface area contributed by atoms with Gasteiger partial charge in [0.25, 0.3) is 0 Å². The van der Waals surface area contributed by atoms with Crippen molar-refractivity contribution in [1.29, 1.82) is 0 Å². The van der Waals surface area contributed by atoms with Crippen LogP contribution in [0.25, 0.3) is 0 Å². The molecule has 62 valence electrons. The van der Waals surface area contributed by atoms with Gasteiger partial charge in [-0.15, -0.1) is 0 Å². The highest BCUT2D eigenvalue weighted by Gasteiger charge is 1.92. The van der Waals surface area contributed by atoms with Crippen molar-refractivity contribution in [1.82, 2.24) is 0 Å². The maximum atomic E-state index is 5.34. The van der Waals surface area contributed by atoms with Gasteiger partial charge >= 0.3 is 0 Å². The average Bonchev–Trinajstić information content (AvgIpc) is 1.87. The molecule has 0 rings (SSSR count). The highest BCUT2D eigenvalue weighted by atomic mass is 32.1. The largest absolute Gasteiger partial charge is 0.381 e. The van der Waals surface area contributed by atoms with Gasteiger partial charge in [-0.05, 0) is 24.5 Å². The lowest BCUT2D eigenvalue weighted by atomic mass is 10.1. The maximum absolute atomic E-state index is 5.34. The molecule has 0 aromatic heterocycles. The van der Waals surface area contributed by atoms with Crippen molar-refractivity contribution in [3.05, 3.63) is 0 Å². The second kappa shape index (κ2) is 7.42. The third-order valence-electron chi connectivity index (χ3n) is 1.29. The minimum absolute atomic E-state index is 0.760. The van der Waals surface area contributed by atoms with E-state index in [1.165, 1.54) is 6.42 Å². The first-order chi connectivity index (χ1) is 4.77. The summed E-state index contributed by atoms with van der Waals surface area (Å²) < 4.78 is 5.34. The molecular formula is C8H18OS. The van der Waals surface area contributed by atoms with Gasteiger partial charge < -0.3 is 4.74 Å². The van der Waals surface area contributed by atoms with Gasteiger partial charge in [0.1, 0.15) is 0 Å². The predicted octanol–water partition coefficient (Wildman–Crippen LogP) is 2.37. The molecule has 0 heterocycles. The van der Waals surface area contributed by atoms with Crippen LogP contribution in [0.5, 0.6) is 0 Å². The number of thiol groups is 1. The van der Waals surface area contributed by atoms with E-state index in [4.69, 9.17) is 4.74 Å². The molecule has 0 N–H and O–H groups in total. The van der Waals surface area contributed by atoms with Crippen LogP contribution in [0, 0.1) is 5.92 Å². The maximum Gasteiger partial charge on any atom is 0.0473 e. The molecule has 0 atom stereocenters. The highest BCUT2D eigenvalue weighted by Crippen LogP contribution is 1.99. The second-order valence-corrected chi connectivity index (χ2v) is 3.32. The lowest BCUT2D eigenvalue weighted by molar-refractivity contribution is 0.125. The lowest BCUT2D eigenvalue weighted by Gasteiger charge is -2.04. The molecule has 0 bridgehead atoms. The molecule has 0 saturated carbocycles. The highest BCUT2D eigenvalue weighted by molar-refractivity contribution is 7.80. The molecule has 0 aliphatic rings. The van der Waals surface area contributed by atoms with Crippen molar-refractivity contribution in [3.8, 4) is 0 Å². The zero-order valence-corrected chi connectivity index (χ0v) is 7.86. The summed E-state index contributed by atoms with van der Waals surface area (Å²) in [5, 5.41) is 0. The van der Waals surface area contributed by atoms with E-state index in [1.807, 2.05) is 0 Å². The summed E-state index contributed by atoms with van der Waals surface area (Å²) in [5.74, 6) is 1.69. The topological polar surface area (TPSA) is 9.23 Å². The summed E-state index contributed by atoms with van der Waals surface area (Å²) in [6.07, 6.45) is 2.24. The Morgan fingerprint density at radius 1 is 1.30 bits per heavy atom. The Morgan fingerprint density at radius 2 is 2.00 bits per heavy atom. The molecule has 0 aromatic carbocycles. The van der Waals surface area contributed by atoms with Gasteiger partial charge in [0.2, 0.25) is 0 Å². The van der Waals surface area contributed by atoms with Crippen LogP contribution >= 0.6 is 12.6 Å². The van der Waals surface area contributed by atoms with E-state index in [-0.39, 0.29) is 0 Å². The summed E-state index contributed by atoms with van der Waals surface area (Å²) in [6.45, 7) is 6.20. The smallest absolute Gasteiger partial charge is 0.0473 e. The Hall–Kier alpha value is 0.310. The van der Waals surface area contributed by atoms with Crippen LogP contribution < -0.4 is 0 Å². The van der Waals surface area contributed by atoms with E-state index in [0.29, 0.717) is 0 Å². The van der Waals surface area contributed by atoms with E-state index in [0.717, 1.165) is 31.3 Å². The first-order valence-electron chi connectivity index (χ1n) is 3.96. The van der Waals surface area contributed by atoms with Crippen LogP contribution in [-0.4, -0.2) is 19.0 Å². The number of hydrogen-bond acceptors (Lipinski definition) is 2. The minimum atomic E-state index is 0.760. The van der Waals surface area contributed by atoms with Crippen LogP contribution in [-0.2, 0) is 4.74 Å². The van der Waals surface area contributed by atoms with Crippen molar-refractivity contribution in [2.45, 2.75) is 26.7 Å². The molecule has 0 spiro atoms. The van der Waals surface area contributed by atoms with Crippen molar-refractivity contribution in [3.63, 3.8) is 0 Å². The monoisotopic (exact) mass is 162 g/mol. The zero-order valence-electron chi connectivity index (χ0n) is 6.97. The normalized spacial score (nSPS) is 10.8. The van der Waals surface area contributed by atoms with Gasteiger partial charge in [0.05, 0.1) is 0 Å². The SMILES string of the molecule is CC(C)CCOCCCS. The van der Waals surface area contributed by atoms with Gasteiger partial charge in [-0.2, -0.15) is 12.6 Å². The fourth-order valence-corrected chi connectivity index (χ4v) is 0.717. The number of rotatable bonds is 6. The molecule has 1 nitrogen and oxygen atoms in total. The zero-order chi connectivity index (χ0) is 7.82. The molecular weight excluding hydrogens is 144 g/mol. The van der Waals surface area contributed by atoms with Gasteiger partial charge in [0.15, 0.2) is 0 Å². The standard InChI is InChI=1S/C8H18OS/c1-8(2)4-6-9-5-3-7-10/h8,10H,3-7H2,1-2H3. The molecule has 0 aromatic rings. The molecule has 0 fully saturated rings. The molecule has 0 amide bonds. The third kappa shape index (κ3) is 8.31. The van der Waals surface area contributed by atoms with Crippen LogP contribution in [0.15, 0.2) is 0 Å². The van der Waals surface area contributed by atoms with Gasteiger partial charge in [-0.25, -0.2) is 0 Å². The van der Waals surface area contributed by atoms with Gasteiger partial charge in [-0.1, -0.05) is 13.8 Å². The van der Waals surface area contributed by atoms with E-state index in [9.17, 15) is 0 Å². The molecule has 2 heteroatoms. The second-order valence-electron chi connectivity index (χ2n) is 2.87. The fraction of sp³-hybridized carbons (Fsp3) is 1.00. The average molecular weight is 162 g/mol. The molecule has 0 radical (unpaired) electrons. The van der Waals surface area contributed by atoms with Crippen molar-refractivity contribution in [2.75, 3.05) is 19.0 Å². The first-order valence-corrected chi connectivity index (χ1v) is 4.59. The number of ether oxygens (including phenoxy) is 1. The summed E-state index contributed by atoms with van der Waals surface area (Å²) in [4.78, 5) is 0. The number of hydrogen-bond donors (Lipinski definition) is 1.